The Morgan fingerprint density at radius 3 is 2.61 bits per heavy atom. The number of rotatable bonds is 5. The van der Waals surface area contributed by atoms with Crippen LogP contribution in [0, 0.1) is 11.3 Å². The van der Waals surface area contributed by atoms with Crippen LogP contribution in [0.5, 0.6) is 5.75 Å². The molecule has 2 aromatic rings. The average molecular weight is 570 g/mol. The van der Waals surface area contributed by atoms with Crippen molar-refractivity contribution >= 4 is 66.1 Å². The number of amides is 2. The summed E-state index contributed by atoms with van der Waals surface area (Å²) in [6.07, 6.45) is 5.83. The highest BCUT2D eigenvalue weighted by Crippen LogP contribution is 2.44. The Labute approximate surface area is 203 Å². The summed E-state index contributed by atoms with van der Waals surface area (Å²) in [5, 5.41) is 3.40. The summed E-state index contributed by atoms with van der Waals surface area (Å²) < 4.78 is 7.05. The van der Waals surface area contributed by atoms with E-state index in [4.69, 9.17) is 10.5 Å². The van der Waals surface area contributed by atoms with Gasteiger partial charge in [0.05, 0.1) is 17.1 Å². The SMILES string of the molecule is COc1c(Br)cc(Br)cc1/C=C/C(=O)Nc1sc2c(c1C(N)=O)CC[C@@H](C(C)(C)C)C2. The van der Waals surface area contributed by atoms with Crippen molar-refractivity contribution in [2.45, 2.75) is 40.0 Å². The van der Waals surface area contributed by atoms with Crippen molar-refractivity contribution in [3.63, 3.8) is 0 Å². The molecule has 0 fully saturated rings. The van der Waals surface area contributed by atoms with E-state index in [-0.39, 0.29) is 11.3 Å². The van der Waals surface area contributed by atoms with Gasteiger partial charge >= 0.3 is 0 Å². The number of carbonyl (C=O) groups is 2. The average Bonchev–Trinajstić information content (AvgIpc) is 3.02. The molecule has 0 bridgehead atoms. The number of methoxy groups -OCH3 is 1. The van der Waals surface area contributed by atoms with E-state index < -0.39 is 5.91 Å². The maximum atomic E-state index is 12.7. The van der Waals surface area contributed by atoms with Crippen molar-refractivity contribution in [1.82, 2.24) is 0 Å². The van der Waals surface area contributed by atoms with Crippen LogP contribution in [0.25, 0.3) is 6.08 Å². The molecule has 1 aromatic heterocycles. The third-order valence-corrected chi connectivity index (χ3v) is 7.85. The summed E-state index contributed by atoms with van der Waals surface area (Å²) >= 11 is 8.37. The first-order valence-corrected chi connectivity index (χ1v) is 12.4. The van der Waals surface area contributed by atoms with E-state index in [2.05, 4.69) is 57.9 Å². The first-order chi connectivity index (χ1) is 14.5. The zero-order valence-corrected chi connectivity index (χ0v) is 22.0. The Kier molecular flexibility index (Phi) is 7.33. The largest absolute Gasteiger partial charge is 0.495 e. The number of hydrogen-bond donors (Lipinski definition) is 2. The molecule has 0 saturated heterocycles. The number of carbonyl (C=O) groups excluding carboxylic acids is 2. The molecular weight excluding hydrogens is 544 g/mol. The molecule has 2 amide bonds. The number of nitrogens with one attached hydrogen (secondary N) is 1. The van der Waals surface area contributed by atoms with Gasteiger partial charge in [0.1, 0.15) is 10.8 Å². The first kappa shape index (κ1) is 24.0. The number of nitrogens with two attached hydrogens (primary N) is 1. The van der Waals surface area contributed by atoms with Crippen LogP contribution in [0.2, 0.25) is 0 Å². The van der Waals surface area contributed by atoms with Crippen molar-refractivity contribution in [2.24, 2.45) is 17.1 Å². The van der Waals surface area contributed by atoms with Gasteiger partial charge in [-0.3, -0.25) is 9.59 Å². The van der Waals surface area contributed by atoms with Crippen molar-refractivity contribution in [2.75, 3.05) is 12.4 Å². The minimum Gasteiger partial charge on any atom is -0.495 e. The maximum Gasteiger partial charge on any atom is 0.251 e. The minimum atomic E-state index is -0.497. The lowest BCUT2D eigenvalue weighted by atomic mass is 9.72. The number of ether oxygens (including phenoxy) is 1. The van der Waals surface area contributed by atoms with Gasteiger partial charge in [-0.1, -0.05) is 36.7 Å². The molecule has 1 aliphatic carbocycles. The van der Waals surface area contributed by atoms with Crippen LogP contribution in [-0.4, -0.2) is 18.9 Å². The molecule has 3 rings (SSSR count). The zero-order valence-electron chi connectivity index (χ0n) is 18.0. The highest BCUT2D eigenvalue weighted by Gasteiger charge is 2.33. The monoisotopic (exact) mass is 568 g/mol. The topological polar surface area (TPSA) is 81.4 Å². The second kappa shape index (κ2) is 9.46. The zero-order chi connectivity index (χ0) is 22.9. The lowest BCUT2D eigenvalue weighted by Gasteiger charge is -2.33. The van der Waals surface area contributed by atoms with Crippen molar-refractivity contribution in [3.8, 4) is 5.75 Å². The predicted molar refractivity (Wildman–Crippen MR) is 134 cm³/mol. The van der Waals surface area contributed by atoms with Gasteiger partial charge in [-0.25, -0.2) is 0 Å². The lowest BCUT2D eigenvalue weighted by Crippen LogP contribution is -2.27. The van der Waals surface area contributed by atoms with E-state index in [1.54, 1.807) is 13.2 Å². The highest BCUT2D eigenvalue weighted by atomic mass is 79.9. The van der Waals surface area contributed by atoms with E-state index in [1.807, 2.05) is 12.1 Å². The Hall–Kier alpha value is -1.64. The van der Waals surface area contributed by atoms with Gasteiger partial charge in [0, 0.05) is 21.0 Å². The van der Waals surface area contributed by atoms with Crippen molar-refractivity contribution in [1.29, 1.82) is 0 Å². The number of benzene rings is 1. The van der Waals surface area contributed by atoms with Crippen molar-refractivity contribution in [3.05, 3.63) is 48.7 Å². The summed E-state index contributed by atoms with van der Waals surface area (Å²) in [5.74, 6) is 0.338. The summed E-state index contributed by atoms with van der Waals surface area (Å²) in [6.45, 7) is 6.73. The quantitative estimate of drug-likeness (QED) is 0.422. The summed E-state index contributed by atoms with van der Waals surface area (Å²) in [6, 6.07) is 3.73. The molecule has 8 heteroatoms. The van der Waals surface area contributed by atoms with Gasteiger partial charge < -0.3 is 15.8 Å². The molecule has 0 unspecified atom stereocenters. The molecule has 1 heterocycles. The number of primary amides is 1. The molecule has 5 nitrogen and oxygen atoms in total. The molecule has 31 heavy (non-hydrogen) atoms. The minimum absolute atomic E-state index is 0.192. The molecule has 1 aliphatic rings. The molecule has 166 valence electrons. The van der Waals surface area contributed by atoms with Gasteiger partial charge in [-0.2, -0.15) is 0 Å². The standard InChI is InChI=1S/C23H26Br2N2O3S/c1-23(2,3)13-6-7-15-17(10-13)31-22(19(15)21(26)29)27-18(28)8-5-12-9-14(24)11-16(25)20(12)30-4/h5,8-9,11,13H,6-7,10H2,1-4H3,(H2,26,29)(H,27,28)/b8-5+/t13-/m1/s1. The smallest absolute Gasteiger partial charge is 0.251 e. The fraction of sp³-hybridized carbons (Fsp3) is 0.391. The molecule has 3 N–H and O–H groups in total. The third kappa shape index (κ3) is 5.41. The number of fused-ring (bicyclic) bond motifs is 1. The van der Waals surface area contributed by atoms with Crippen LogP contribution in [0.3, 0.4) is 0 Å². The molecule has 0 spiro atoms. The number of thiophene rings is 1. The molecule has 0 radical (unpaired) electrons. The van der Waals surface area contributed by atoms with Crippen LogP contribution < -0.4 is 15.8 Å². The van der Waals surface area contributed by atoms with Gasteiger partial charge in [0.15, 0.2) is 0 Å². The van der Waals surface area contributed by atoms with E-state index in [1.165, 1.54) is 17.4 Å². The summed E-state index contributed by atoms with van der Waals surface area (Å²) in [7, 11) is 1.57. The first-order valence-electron chi connectivity index (χ1n) is 9.97. The third-order valence-electron chi connectivity index (χ3n) is 5.63. The number of halogens is 2. The Morgan fingerprint density at radius 1 is 1.29 bits per heavy atom. The highest BCUT2D eigenvalue weighted by molar-refractivity contribution is 9.11. The van der Waals surface area contributed by atoms with Crippen molar-refractivity contribution < 1.29 is 14.3 Å². The van der Waals surface area contributed by atoms with E-state index in [0.29, 0.717) is 22.2 Å². The molecule has 1 atom stereocenters. The molecule has 0 aliphatic heterocycles. The predicted octanol–water partition coefficient (Wildman–Crippen LogP) is 6.18. The number of anilines is 1. The van der Waals surface area contributed by atoms with E-state index in [9.17, 15) is 9.59 Å². The van der Waals surface area contributed by atoms with Crippen LogP contribution >= 0.6 is 43.2 Å². The lowest BCUT2D eigenvalue weighted by molar-refractivity contribution is -0.111. The molecule has 0 saturated carbocycles. The maximum absolute atomic E-state index is 12.7. The fourth-order valence-electron chi connectivity index (χ4n) is 3.91. The number of hydrogen-bond acceptors (Lipinski definition) is 4. The fourth-order valence-corrected chi connectivity index (χ4v) is 6.67. The van der Waals surface area contributed by atoms with Gasteiger partial charge in [0.25, 0.3) is 5.91 Å². The van der Waals surface area contributed by atoms with E-state index in [0.717, 1.165) is 44.2 Å². The molecular formula is C23H26Br2N2O3S. The summed E-state index contributed by atoms with van der Waals surface area (Å²) in [4.78, 5) is 26.0. The second-order valence-corrected chi connectivity index (χ2v) is 11.6. The van der Waals surface area contributed by atoms with Crippen LogP contribution in [-0.2, 0) is 17.6 Å². The van der Waals surface area contributed by atoms with Crippen LogP contribution in [0.15, 0.2) is 27.2 Å². The second-order valence-electron chi connectivity index (χ2n) is 8.71. The van der Waals surface area contributed by atoms with Gasteiger partial charge in [-0.05, 0) is 70.3 Å². The van der Waals surface area contributed by atoms with Crippen LogP contribution in [0.4, 0.5) is 5.00 Å². The summed E-state index contributed by atoms with van der Waals surface area (Å²) in [5.41, 5.74) is 8.07. The van der Waals surface area contributed by atoms with Gasteiger partial charge in [0.2, 0.25) is 5.91 Å². The molecule has 1 aromatic carbocycles. The Bertz CT molecular complexity index is 1050. The van der Waals surface area contributed by atoms with Gasteiger partial charge in [-0.15, -0.1) is 11.3 Å². The normalized spacial score (nSPS) is 16.3. The van der Waals surface area contributed by atoms with E-state index >= 15 is 0 Å². The Balaban J connectivity index is 1.85. The Morgan fingerprint density at radius 2 is 2.00 bits per heavy atom. The van der Waals surface area contributed by atoms with Crippen LogP contribution in [0.1, 0.15) is 53.6 Å².